The number of rotatable bonds is 3. The number of fused-ring (bicyclic) bond motifs is 1. The summed E-state index contributed by atoms with van der Waals surface area (Å²) >= 11 is 6.28. The Morgan fingerprint density at radius 3 is 2.74 bits per heavy atom. The van der Waals surface area contributed by atoms with E-state index in [9.17, 15) is 10.1 Å². The van der Waals surface area contributed by atoms with Crippen LogP contribution < -0.4 is 16.2 Å². The van der Waals surface area contributed by atoms with Crippen molar-refractivity contribution in [3.8, 4) is 11.8 Å². The SMILES string of the molecule is C[C@H]1CN(c2nc(N)ncc2C#N)[C@@H]1c1nn2ccc(Cl)c2c(=O)n1-c1ccccc1. The fourth-order valence-electron chi connectivity index (χ4n) is 4.05. The fraction of sp³-hybridized carbons (Fsp3) is 0.190. The monoisotopic (exact) mass is 432 g/mol. The lowest BCUT2D eigenvalue weighted by atomic mass is 9.89. The number of nitrogens with two attached hydrogens (primary N) is 1. The van der Waals surface area contributed by atoms with Gasteiger partial charge in [-0.2, -0.15) is 15.3 Å². The summed E-state index contributed by atoms with van der Waals surface area (Å²) in [5.74, 6) is 1.18. The molecule has 1 saturated heterocycles. The molecule has 0 radical (unpaired) electrons. The van der Waals surface area contributed by atoms with Gasteiger partial charge in [-0.15, -0.1) is 0 Å². The van der Waals surface area contributed by atoms with Gasteiger partial charge in [-0.25, -0.2) is 9.50 Å². The zero-order valence-corrected chi connectivity index (χ0v) is 17.2. The van der Waals surface area contributed by atoms with Crippen LogP contribution in [0.15, 0.2) is 53.6 Å². The van der Waals surface area contributed by atoms with Crippen molar-refractivity contribution < 1.29 is 0 Å². The highest BCUT2D eigenvalue weighted by molar-refractivity contribution is 6.33. The Balaban J connectivity index is 1.76. The van der Waals surface area contributed by atoms with Crippen LogP contribution in [0.2, 0.25) is 5.02 Å². The summed E-state index contributed by atoms with van der Waals surface area (Å²) < 4.78 is 3.08. The molecule has 10 heteroatoms. The molecule has 0 amide bonds. The molecule has 2 atom stereocenters. The van der Waals surface area contributed by atoms with Gasteiger partial charge >= 0.3 is 0 Å². The van der Waals surface area contributed by atoms with Crippen molar-refractivity contribution in [3.05, 3.63) is 75.6 Å². The van der Waals surface area contributed by atoms with E-state index in [2.05, 4.69) is 23.0 Å². The Morgan fingerprint density at radius 1 is 1.26 bits per heavy atom. The minimum atomic E-state index is -0.306. The molecule has 5 rings (SSSR count). The number of nitrogen functional groups attached to an aromatic ring is 1. The van der Waals surface area contributed by atoms with E-state index in [4.69, 9.17) is 22.4 Å². The first-order valence-corrected chi connectivity index (χ1v) is 10.0. The summed E-state index contributed by atoms with van der Waals surface area (Å²) in [5, 5.41) is 14.6. The number of anilines is 2. The zero-order chi connectivity index (χ0) is 21.7. The second-order valence-corrected chi connectivity index (χ2v) is 7.85. The van der Waals surface area contributed by atoms with Crippen molar-refractivity contribution >= 4 is 28.9 Å². The van der Waals surface area contributed by atoms with Gasteiger partial charge in [0.2, 0.25) is 5.95 Å². The molecular formula is C21H17ClN8O. The first kappa shape index (κ1) is 19.1. The van der Waals surface area contributed by atoms with Crippen molar-refractivity contribution in [2.75, 3.05) is 17.2 Å². The Hall–Kier alpha value is -3.90. The number of halogens is 1. The van der Waals surface area contributed by atoms with Gasteiger partial charge in [0.15, 0.2) is 11.6 Å². The first-order valence-electron chi connectivity index (χ1n) is 9.64. The van der Waals surface area contributed by atoms with Crippen molar-refractivity contribution in [2.45, 2.75) is 13.0 Å². The molecule has 1 aromatic carbocycles. The van der Waals surface area contributed by atoms with Crippen LogP contribution in [0.25, 0.3) is 11.2 Å². The summed E-state index contributed by atoms with van der Waals surface area (Å²) in [4.78, 5) is 23.6. The van der Waals surface area contributed by atoms with Crippen LogP contribution in [0.5, 0.6) is 0 Å². The summed E-state index contributed by atoms with van der Waals surface area (Å²) in [6.07, 6.45) is 3.07. The topological polar surface area (TPSA) is 118 Å². The normalized spacial score (nSPS) is 18.0. The maximum Gasteiger partial charge on any atom is 0.284 e. The molecule has 2 N–H and O–H groups in total. The van der Waals surface area contributed by atoms with E-state index >= 15 is 0 Å². The molecule has 3 aromatic heterocycles. The summed E-state index contributed by atoms with van der Waals surface area (Å²) in [5.41, 5.74) is 6.81. The summed E-state index contributed by atoms with van der Waals surface area (Å²) in [6, 6.07) is 12.7. The minimum Gasteiger partial charge on any atom is -0.368 e. The molecule has 0 bridgehead atoms. The Bertz CT molecular complexity index is 1400. The zero-order valence-electron chi connectivity index (χ0n) is 16.5. The third-order valence-corrected chi connectivity index (χ3v) is 5.79. The van der Waals surface area contributed by atoms with Crippen molar-refractivity contribution in [1.82, 2.24) is 24.1 Å². The van der Waals surface area contributed by atoms with Crippen molar-refractivity contribution in [2.24, 2.45) is 5.92 Å². The van der Waals surface area contributed by atoms with Gasteiger partial charge in [0.1, 0.15) is 17.1 Å². The number of para-hydroxylation sites is 1. The van der Waals surface area contributed by atoms with Crippen LogP contribution in [0, 0.1) is 17.2 Å². The van der Waals surface area contributed by atoms with Crippen LogP contribution in [0.1, 0.15) is 24.4 Å². The molecule has 4 aromatic rings. The Labute approximate surface area is 181 Å². The molecule has 9 nitrogen and oxygen atoms in total. The van der Waals surface area contributed by atoms with Gasteiger partial charge in [-0.05, 0) is 18.2 Å². The molecule has 1 aliphatic heterocycles. The highest BCUT2D eigenvalue weighted by atomic mass is 35.5. The lowest BCUT2D eigenvalue weighted by Gasteiger charge is -2.47. The number of hydrogen-bond donors (Lipinski definition) is 1. The van der Waals surface area contributed by atoms with E-state index in [-0.39, 0.29) is 23.5 Å². The second-order valence-electron chi connectivity index (χ2n) is 7.44. The average molecular weight is 433 g/mol. The second kappa shape index (κ2) is 7.11. The van der Waals surface area contributed by atoms with E-state index in [0.717, 1.165) is 0 Å². The standard InChI is InChI=1S/C21H17ClN8O/c1-12-11-28(18-13(9-23)10-25-21(24)26-18)16(12)19-27-29-8-7-15(22)17(29)20(31)30(19)14-5-3-2-4-6-14/h2-8,10,12,16H,11H2,1H3,(H2,24,25,26)/t12-,16-/m0/s1. The molecule has 0 spiro atoms. The smallest absolute Gasteiger partial charge is 0.284 e. The van der Waals surface area contributed by atoms with Gasteiger partial charge in [0.05, 0.1) is 22.9 Å². The average Bonchev–Trinajstić information content (AvgIpc) is 3.13. The maximum atomic E-state index is 13.5. The minimum absolute atomic E-state index is 0.0772. The van der Waals surface area contributed by atoms with Crippen LogP contribution in [0.4, 0.5) is 11.8 Å². The number of benzene rings is 1. The van der Waals surface area contributed by atoms with E-state index in [1.807, 2.05) is 35.2 Å². The molecule has 154 valence electrons. The van der Waals surface area contributed by atoms with Gasteiger partial charge in [-0.3, -0.25) is 9.36 Å². The molecule has 1 aliphatic rings. The first-order chi connectivity index (χ1) is 15.0. The maximum absolute atomic E-state index is 13.5. The van der Waals surface area contributed by atoms with Crippen LogP contribution in [0.3, 0.4) is 0 Å². The van der Waals surface area contributed by atoms with E-state index in [0.29, 0.717) is 40.0 Å². The van der Waals surface area contributed by atoms with Crippen LogP contribution in [-0.4, -0.2) is 30.7 Å². The number of nitriles is 1. The van der Waals surface area contributed by atoms with Gasteiger partial charge in [-0.1, -0.05) is 36.7 Å². The predicted molar refractivity (Wildman–Crippen MR) is 116 cm³/mol. The van der Waals surface area contributed by atoms with Gasteiger partial charge in [0, 0.05) is 18.7 Å². The lowest BCUT2D eigenvalue weighted by molar-refractivity contribution is 0.300. The molecule has 4 heterocycles. The summed E-state index contributed by atoms with van der Waals surface area (Å²) in [6.45, 7) is 2.69. The lowest BCUT2D eigenvalue weighted by Crippen LogP contribution is -2.51. The Morgan fingerprint density at radius 2 is 2.03 bits per heavy atom. The third-order valence-electron chi connectivity index (χ3n) is 5.48. The van der Waals surface area contributed by atoms with Gasteiger partial charge in [0.25, 0.3) is 5.56 Å². The third kappa shape index (κ3) is 2.92. The highest BCUT2D eigenvalue weighted by Crippen LogP contribution is 2.42. The molecule has 0 saturated carbocycles. The van der Waals surface area contributed by atoms with Crippen LogP contribution >= 0.6 is 11.6 Å². The molecule has 0 aliphatic carbocycles. The molecule has 0 unspecified atom stereocenters. The molecule has 1 fully saturated rings. The van der Waals surface area contributed by atoms with E-state index in [1.54, 1.807) is 16.8 Å². The van der Waals surface area contributed by atoms with Gasteiger partial charge < -0.3 is 10.6 Å². The number of hydrogen-bond acceptors (Lipinski definition) is 7. The number of nitrogens with zero attached hydrogens (tertiary/aromatic N) is 7. The highest BCUT2D eigenvalue weighted by Gasteiger charge is 2.42. The van der Waals surface area contributed by atoms with E-state index < -0.39 is 0 Å². The van der Waals surface area contributed by atoms with Crippen molar-refractivity contribution in [1.29, 1.82) is 5.26 Å². The predicted octanol–water partition coefficient (Wildman–Crippen LogP) is 2.58. The van der Waals surface area contributed by atoms with Crippen LogP contribution in [-0.2, 0) is 0 Å². The fourth-order valence-corrected chi connectivity index (χ4v) is 4.28. The van der Waals surface area contributed by atoms with E-state index in [1.165, 1.54) is 10.7 Å². The molecule has 31 heavy (non-hydrogen) atoms. The Kier molecular flexibility index (Phi) is 4.38. The molecular weight excluding hydrogens is 416 g/mol. The van der Waals surface area contributed by atoms with Crippen molar-refractivity contribution in [3.63, 3.8) is 0 Å². The summed E-state index contributed by atoms with van der Waals surface area (Å²) in [7, 11) is 0. The number of aromatic nitrogens is 5. The largest absolute Gasteiger partial charge is 0.368 e. The quantitative estimate of drug-likeness (QED) is 0.528.